The zero-order valence-electron chi connectivity index (χ0n) is 20.4. The second-order valence-electron chi connectivity index (χ2n) is 7.20. The summed E-state index contributed by atoms with van der Waals surface area (Å²) >= 11 is 0. The van der Waals surface area contributed by atoms with Crippen molar-refractivity contribution in [2.75, 3.05) is 18.9 Å². The van der Waals surface area contributed by atoms with Crippen LogP contribution in [0.25, 0.3) is 12.2 Å². The fourth-order valence-corrected chi connectivity index (χ4v) is 2.93. The highest BCUT2D eigenvalue weighted by molar-refractivity contribution is 5.94. The molecule has 1 aliphatic heterocycles. The fraction of sp³-hybridized carbons (Fsp3) is 0.417. The van der Waals surface area contributed by atoms with Gasteiger partial charge in [0.15, 0.2) is 5.69 Å². The molecule has 0 radical (unpaired) electrons. The summed E-state index contributed by atoms with van der Waals surface area (Å²) in [5.41, 5.74) is 5.82. The maximum absolute atomic E-state index is 12.2. The van der Waals surface area contributed by atoms with E-state index in [1.807, 2.05) is 32.9 Å². The first kappa shape index (κ1) is 30.7. The van der Waals surface area contributed by atoms with Crippen molar-refractivity contribution in [1.29, 1.82) is 0 Å². The predicted molar refractivity (Wildman–Crippen MR) is 131 cm³/mol. The number of halogens is 3. The standard InChI is InChI=1S/C17H22N2O4.C5H4F3N3.C2H6/c1-3-5-13-11(4-2)8-12(9-18-13)17(22)19-10-15-16(21)14(20)6-7-23-15;6-5(7,8)3-1-10-2-4(9)11-3;1-2/h3-5,8-9,14-16,20-21H,2,6-7,10H2,1H3,(H,19,22);1-2H,(H2,9,11);1-2H3/b5-3-;;. The van der Waals surface area contributed by atoms with Crippen LogP contribution in [0.15, 0.2) is 37.3 Å². The molecule has 3 heterocycles. The number of anilines is 1. The van der Waals surface area contributed by atoms with Gasteiger partial charge in [-0.05, 0) is 25.5 Å². The van der Waals surface area contributed by atoms with Gasteiger partial charge in [0, 0.05) is 24.9 Å². The number of nitrogen functional groups attached to an aromatic ring is 1. The summed E-state index contributed by atoms with van der Waals surface area (Å²) in [6.07, 6.45) is 2.00. The first-order valence-electron chi connectivity index (χ1n) is 11.2. The predicted octanol–water partition coefficient (Wildman–Crippen LogP) is 3.10. The molecular formula is C24H32F3N5O4. The number of ether oxygens (including phenoxy) is 1. The molecule has 198 valence electrons. The van der Waals surface area contributed by atoms with Gasteiger partial charge in [0.05, 0.1) is 29.8 Å². The Kier molecular flexibility index (Phi) is 12.7. The molecule has 0 spiro atoms. The zero-order chi connectivity index (χ0) is 27.3. The van der Waals surface area contributed by atoms with Gasteiger partial charge in [0.1, 0.15) is 18.0 Å². The van der Waals surface area contributed by atoms with E-state index in [9.17, 15) is 28.2 Å². The molecule has 2 aromatic rings. The lowest BCUT2D eigenvalue weighted by Crippen LogP contribution is -2.49. The molecule has 3 rings (SSSR count). The smallest absolute Gasteiger partial charge is 0.390 e. The van der Waals surface area contributed by atoms with Gasteiger partial charge in [0.25, 0.3) is 5.91 Å². The topological polar surface area (TPSA) is 143 Å². The van der Waals surface area contributed by atoms with E-state index >= 15 is 0 Å². The SMILES string of the molecule is C=Cc1cc(C(=O)NCC2OCCC(O)C2O)cnc1/C=C\C.CC.Nc1cncc(C(F)(F)F)n1. The lowest BCUT2D eigenvalue weighted by molar-refractivity contribution is -0.141. The van der Waals surface area contributed by atoms with E-state index in [0.29, 0.717) is 24.8 Å². The average Bonchev–Trinajstić information content (AvgIpc) is 2.86. The lowest BCUT2D eigenvalue weighted by atomic mass is 10.0. The van der Waals surface area contributed by atoms with Crippen LogP contribution in [0.1, 0.15) is 54.5 Å². The Labute approximate surface area is 207 Å². The van der Waals surface area contributed by atoms with Crippen LogP contribution in [0.4, 0.5) is 19.0 Å². The Morgan fingerprint density at radius 2 is 2.00 bits per heavy atom. The number of aromatic nitrogens is 3. The molecule has 2 aromatic heterocycles. The van der Waals surface area contributed by atoms with Crippen molar-refractivity contribution in [1.82, 2.24) is 20.3 Å². The van der Waals surface area contributed by atoms with Crippen molar-refractivity contribution in [3.63, 3.8) is 0 Å². The summed E-state index contributed by atoms with van der Waals surface area (Å²) in [5.74, 6) is -0.552. The second-order valence-corrected chi connectivity index (χ2v) is 7.20. The van der Waals surface area contributed by atoms with E-state index < -0.39 is 30.2 Å². The summed E-state index contributed by atoms with van der Waals surface area (Å²) in [5, 5.41) is 22.1. The molecule has 5 N–H and O–H groups in total. The Morgan fingerprint density at radius 3 is 2.56 bits per heavy atom. The summed E-state index contributed by atoms with van der Waals surface area (Å²) in [4.78, 5) is 22.7. The molecule has 36 heavy (non-hydrogen) atoms. The van der Waals surface area contributed by atoms with E-state index in [1.54, 1.807) is 12.1 Å². The Morgan fingerprint density at radius 1 is 1.31 bits per heavy atom. The third kappa shape index (κ3) is 9.36. The van der Waals surface area contributed by atoms with Gasteiger partial charge in [-0.15, -0.1) is 0 Å². The van der Waals surface area contributed by atoms with Crippen LogP contribution >= 0.6 is 0 Å². The Hall–Kier alpha value is -3.35. The molecule has 1 saturated heterocycles. The highest BCUT2D eigenvalue weighted by Gasteiger charge is 2.33. The van der Waals surface area contributed by atoms with E-state index in [4.69, 9.17) is 10.5 Å². The van der Waals surface area contributed by atoms with E-state index in [1.165, 1.54) is 6.20 Å². The summed E-state index contributed by atoms with van der Waals surface area (Å²) < 4.78 is 40.8. The summed E-state index contributed by atoms with van der Waals surface area (Å²) in [7, 11) is 0. The van der Waals surface area contributed by atoms with Gasteiger partial charge in [-0.3, -0.25) is 14.8 Å². The molecule has 0 aliphatic carbocycles. The van der Waals surface area contributed by atoms with Crippen LogP contribution in [0.3, 0.4) is 0 Å². The number of alkyl halides is 3. The van der Waals surface area contributed by atoms with Crippen LogP contribution in [0.2, 0.25) is 0 Å². The zero-order valence-corrected chi connectivity index (χ0v) is 20.4. The molecule has 9 nitrogen and oxygen atoms in total. The van der Waals surface area contributed by atoms with Crippen LogP contribution in [0.5, 0.6) is 0 Å². The molecular weight excluding hydrogens is 479 g/mol. The highest BCUT2D eigenvalue weighted by Crippen LogP contribution is 2.26. The van der Waals surface area contributed by atoms with Gasteiger partial charge >= 0.3 is 6.18 Å². The summed E-state index contributed by atoms with van der Waals surface area (Å²) in [6, 6.07) is 1.71. The number of aliphatic hydroxyl groups is 2. The van der Waals surface area contributed by atoms with Gasteiger partial charge in [0.2, 0.25) is 0 Å². The second kappa shape index (κ2) is 14.9. The molecule has 0 bridgehead atoms. The number of hydrogen-bond donors (Lipinski definition) is 4. The van der Waals surface area contributed by atoms with Gasteiger partial charge < -0.3 is 26.0 Å². The largest absolute Gasteiger partial charge is 0.434 e. The highest BCUT2D eigenvalue weighted by atomic mass is 19.4. The van der Waals surface area contributed by atoms with Crippen molar-refractivity contribution >= 4 is 23.9 Å². The minimum atomic E-state index is -4.47. The first-order chi connectivity index (χ1) is 17.1. The van der Waals surface area contributed by atoms with Crippen molar-refractivity contribution in [3.8, 4) is 0 Å². The molecule has 0 aromatic carbocycles. The Bertz CT molecular complexity index is 1020. The normalized spacial score (nSPS) is 19.4. The Balaban J connectivity index is 0.000000417. The average molecular weight is 512 g/mol. The minimum Gasteiger partial charge on any atom is -0.390 e. The van der Waals surface area contributed by atoms with Gasteiger partial charge in [-0.2, -0.15) is 13.2 Å². The first-order valence-corrected chi connectivity index (χ1v) is 11.2. The number of carbonyl (C=O) groups excluding carboxylic acids is 1. The maximum atomic E-state index is 12.2. The summed E-state index contributed by atoms with van der Waals surface area (Å²) in [6.45, 7) is 10.1. The molecule has 1 amide bonds. The van der Waals surface area contributed by atoms with E-state index in [2.05, 4.69) is 26.8 Å². The van der Waals surface area contributed by atoms with Gasteiger partial charge in [-0.25, -0.2) is 4.98 Å². The fourth-order valence-electron chi connectivity index (χ4n) is 2.93. The maximum Gasteiger partial charge on any atom is 0.434 e. The quantitative estimate of drug-likeness (QED) is 0.480. The number of hydrogen-bond acceptors (Lipinski definition) is 8. The molecule has 3 unspecified atom stereocenters. The number of nitrogens with two attached hydrogens (primary N) is 1. The molecule has 0 saturated carbocycles. The van der Waals surface area contributed by atoms with Crippen molar-refractivity contribution in [2.45, 2.75) is 51.7 Å². The molecule has 12 heteroatoms. The number of nitrogens with one attached hydrogen (secondary N) is 1. The molecule has 1 fully saturated rings. The number of nitrogens with zero attached hydrogens (tertiary/aromatic N) is 3. The molecule has 3 atom stereocenters. The third-order valence-corrected chi connectivity index (χ3v) is 4.68. The van der Waals surface area contributed by atoms with E-state index in [-0.39, 0.29) is 18.3 Å². The van der Waals surface area contributed by atoms with Crippen LogP contribution < -0.4 is 11.1 Å². The van der Waals surface area contributed by atoms with Crippen LogP contribution in [-0.4, -0.2) is 62.5 Å². The van der Waals surface area contributed by atoms with Crippen molar-refractivity contribution < 1.29 is 32.9 Å². The number of amides is 1. The van der Waals surface area contributed by atoms with Crippen molar-refractivity contribution in [3.05, 3.63) is 59.8 Å². The monoisotopic (exact) mass is 511 g/mol. The number of pyridine rings is 1. The number of allylic oxidation sites excluding steroid dienone is 1. The molecule has 1 aliphatic rings. The number of aliphatic hydroxyl groups excluding tert-OH is 2. The van der Waals surface area contributed by atoms with Crippen molar-refractivity contribution in [2.24, 2.45) is 0 Å². The van der Waals surface area contributed by atoms with E-state index in [0.717, 1.165) is 17.5 Å². The number of rotatable bonds is 5. The van der Waals surface area contributed by atoms with Gasteiger partial charge in [-0.1, -0.05) is 32.6 Å². The third-order valence-electron chi connectivity index (χ3n) is 4.68. The van der Waals surface area contributed by atoms with Crippen LogP contribution in [-0.2, 0) is 10.9 Å². The number of carbonyl (C=O) groups is 1. The minimum absolute atomic E-state index is 0.122. The lowest BCUT2D eigenvalue weighted by Gasteiger charge is -2.32. The van der Waals surface area contributed by atoms with Crippen LogP contribution in [0, 0.1) is 0 Å².